The summed E-state index contributed by atoms with van der Waals surface area (Å²) >= 11 is 0. The van der Waals surface area contributed by atoms with Crippen LogP contribution in [0.1, 0.15) is 15.9 Å². The number of rotatable bonds is 5. The number of aryl methyl sites for hydroxylation is 1. The van der Waals surface area contributed by atoms with E-state index in [1.165, 1.54) is 29.1 Å². The molecule has 0 amide bonds. The number of nitrogens with zero attached hydrogens (tertiary/aromatic N) is 3. The number of carbonyl (C=O) groups excluding carboxylic acids is 1. The lowest BCUT2D eigenvalue weighted by Crippen LogP contribution is -2.03. The van der Waals surface area contributed by atoms with Crippen LogP contribution in [0.5, 0.6) is 11.5 Å². The molecule has 0 atom stereocenters. The van der Waals surface area contributed by atoms with Crippen molar-refractivity contribution in [1.82, 2.24) is 9.78 Å². The minimum Gasteiger partial charge on any atom is -0.447 e. The van der Waals surface area contributed by atoms with Crippen LogP contribution in [0, 0.1) is 10.1 Å². The monoisotopic (exact) mass is 323 g/mol. The standard InChI is InChI=1S/C17H13N3O4/c1-19-11-14(10-18-19)24-16-8-7-13(9-15(16)20(22)23)17(21)12-5-3-2-4-6-12/h2-11H,1H3. The zero-order valence-corrected chi connectivity index (χ0v) is 12.7. The summed E-state index contributed by atoms with van der Waals surface area (Å²) in [6.07, 6.45) is 3.04. The number of benzene rings is 2. The SMILES string of the molecule is Cn1cc(Oc2ccc(C(=O)c3ccccc3)cc2[N+](=O)[O-])cn1. The van der Waals surface area contributed by atoms with E-state index in [0.717, 1.165) is 0 Å². The van der Waals surface area contributed by atoms with Gasteiger partial charge < -0.3 is 4.74 Å². The maximum atomic E-state index is 12.4. The number of carbonyl (C=O) groups is 1. The van der Waals surface area contributed by atoms with Crippen molar-refractivity contribution >= 4 is 11.5 Å². The van der Waals surface area contributed by atoms with Crippen LogP contribution < -0.4 is 4.74 Å². The molecule has 0 unspecified atom stereocenters. The Balaban J connectivity index is 1.95. The van der Waals surface area contributed by atoms with E-state index in [4.69, 9.17) is 4.74 Å². The van der Waals surface area contributed by atoms with Crippen LogP contribution in [-0.4, -0.2) is 20.5 Å². The van der Waals surface area contributed by atoms with Gasteiger partial charge in [-0.25, -0.2) is 0 Å². The molecule has 24 heavy (non-hydrogen) atoms. The van der Waals surface area contributed by atoms with Gasteiger partial charge >= 0.3 is 5.69 Å². The lowest BCUT2D eigenvalue weighted by atomic mass is 10.0. The van der Waals surface area contributed by atoms with E-state index in [1.807, 2.05) is 0 Å². The highest BCUT2D eigenvalue weighted by atomic mass is 16.6. The largest absolute Gasteiger partial charge is 0.447 e. The highest BCUT2D eigenvalue weighted by molar-refractivity contribution is 6.09. The van der Waals surface area contributed by atoms with Gasteiger partial charge in [-0.2, -0.15) is 5.10 Å². The fourth-order valence-corrected chi connectivity index (χ4v) is 2.22. The maximum Gasteiger partial charge on any atom is 0.312 e. The van der Waals surface area contributed by atoms with Crippen molar-refractivity contribution in [2.24, 2.45) is 7.05 Å². The van der Waals surface area contributed by atoms with Gasteiger partial charge in [0.1, 0.15) is 0 Å². The Morgan fingerprint density at radius 1 is 1.17 bits per heavy atom. The van der Waals surface area contributed by atoms with Crippen molar-refractivity contribution < 1.29 is 14.5 Å². The molecule has 120 valence electrons. The Hall–Kier alpha value is -3.48. The van der Waals surface area contributed by atoms with Crippen molar-refractivity contribution in [3.63, 3.8) is 0 Å². The summed E-state index contributed by atoms with van der Waals surface area (Å²) in [7, 11) is 1.71. The van der Waals surface area contributed by atoms with Crippen LogP contribution in [-0.2, 0) is 7.05 Å². The number of ketones is 1. The van der Waals surface area contributed by atoms with Gasteiger partial charge in [0.15, 0.2) is 11.5 Å². The summed E-state index contributed by atoms with van der Waals surface area (Å²) in [4.78, 5) is 23.2. The minimum absolute atomic E-state index is 0.0533. The zero-order chi connectivity index (χ0) is 17.1. The van der Waals surface area contributed by atoms with Crippen molar-refractivity contribution in [3.8, 4) is 11.5 Å². The van der Waals surface area contributed by atoms with E-state index in [2.05, 4.69) is 5.10 Å². The van der Waals surface area contributed by atoms with Crippen molar-refractivity contribution in [1.29, 1.82) is 0 Å². The molecule has 3 aromatic rings. The summed E-state index contributed by atoms with van der Waals surface area (Å²) in [6.45, 7) is 0. The number of hydrogen-bond donors (Lipinski definition) is 0. The second-order valence-corrected chi connectivity index (χ2v) is 5.09. The first kappa shape index (κ1) is 15.4. The molecule has 1 aromatic heterocycles. The van der Waals surface area contributed by atoms with E-state index in [1.54, 1.807) is 43.6 Å². The van der Waals surface area contributed by atoms with E-state index in [0.29, 0.717) is 11.3 Å². The summed E-state index contributed by atoms with van der Waals surface area (Å²) in [6, 6.07) is 12.7. The third kappa shape index (κ3) is 3.14. The van der Waals surface area contributed by atoms with Gasteiger partial charge in [0.05, 0.1) is 17.3 Å². The Kier molecular flexibility index (Phi) is 4.07. The normalized spacial score (nSPS) is 10.4. The van der Waals surface area contributed by atoms with Crippen LogP contribution in [0.4, 0.5) is 5.69 Å². The Morgan fingerprint density at radius 2 is 1.92 bits per heavy atom. The molecule has 2 aromatic carbocycles. The van der Waals surface area contributed by atoms with Crippen molar-refractivity contribution in [2.75, 3.05) is 0 Å². The molecule has 7 nitrogen and oxygen atoms in total. The van der Waals surface area contributed by atoms with Gasteiger partial charge in [-0.1, -0.05) is 30.3 Å². The molecule has 0 radical (unpaired) electrons. The summed E-state index contributed by atoms with van der Waals surface area (Å²) in [5.74, 6) is 0.145. The van der Waals surface area contributed by atoms with Gasteiger partial charge in [0.25, 0.3) is 0 Å². The second kappa shape index (κ2) is 6.33. The quantitative estimate of drug-likeness (QED) is 0.408. The number of nitro benzene ring substituents is 1. The summed E-state index contributed by atoms with van der Waals surface area (Å²) < 4.78 is 7.02. The molecule has 0 N–H and O–H groups in total. The number of nitro groups is 1. The van der Waals surface area contributed by atoms with Gasteiger partial charge in [-0.3, -0.25) is 19.6 Å². The highest BCUT2D eigenvalue weighted by Gasteiger charge is 2.20. The second-order valence-electron chi connectivity index (χ2n) is 5.09. The molecule has 0 aliphatic rings. The Labute approximate surface area is 137 Å². The zero-order valence-electron chi connectivity index (χ0n) is 12.7. The third-order valence-electron chi connectivity index (χ3n) is 3.36. The number of hydrogen-bond acceptors (Lipinski definition) is 5. The number of aromatic nitrogens is 2. The van der Waals surface area contributed by atoms with Crippen LogP contribution in [0.25, 0.3) is 0 Å². The Morgan fingerprint density at radius 3 is 2.54 bits per heavy atom. The van der Waals surface area contributed by atoms with E-state index in [9.17, 15) is 14.9 Å². The van der Waals surface area contributed by atoms with E-state index >= 15 is 0 Å². The molecule has 3 rings (SSSR count). The average Bonchev–Trinajstić information content (AvgIpc) is 3.00. The van der Waals surface area contributed by atoms with Crippen molar-refractivity contribution in [3.05, 3.63) is 82.2 Å². The fraction of sp³-hybridized carbons (Fsp3) is 0.0588. The molecule has 0 saturated heterocycles. The fourth-order valence-electron chi connectivity index (χ4n) is 2.22. The first-order valence-corrected chi connectivity index (χ1v) is 7.09. The molecule has 0 bridgehead atoms. The molecule has 0 spiro atoms. The predicted octanol–water partition coefficient (Wildman–Crippen LogP) is 3.35. The van der Waals surface area contributed by atoms with Crippen LogP contribution in [0.15, 0.2) is 60.9 Å². The van der Waals surface area contributed by atoms with Gasteiger partial charge in [0, 0.05) is 24.2 Å². The van der Waals surface area contributed by atoms with Crippen LogP contribution in [0.3, 0.4) is 0 Å². The molecule has 0 fully saturated rings. The third-order valence-corrected chi connectivity index (χ3v) is 3.36. The minimum atomic E-state index is -0.576. The average molecular weight is 323 g/mol. The smallest absolute Gasteiger partial charge is 0.312 e. The summed E-state index contributed by atoms with van der Waals surface area (Å²) in [5, 5.41) is 15.3. The molecule has 1 heterocycles. The van der Waals surface area contributed by atoms with E-state index in [-0.39, 0.29) is 22.8 Å². The van der Waals surface area contributed by atoms with Crippen molar-refractivity contribution in [2.45, 2.75) is 0 Å². The number of ether oxygens (including phenoxy) is 1. The maximum absolute atomic E-state index is 12.4. The molecular weight excluding hydrogens is 310 g/mol. The van der Waals surface area contributed by atoms with E-state index < -0.39 is 4.92 Å². The van der Waals surface area contributed by atoms with Gasteiger partial charge in [0.2, 0.25) is 5.75 Å². The lowest BCUT2D eigenvalue weighted by molar-refractivity contribution is -0.385. The first-order chi connectivity index (χ1) is 11.5. The Bertz CT molecular complexity index is 903. The van der Waals surface area contributed by atoms with Crippen LogP contribution >= 0.6 is 0 Å². The summed E-state index contributed by atoms with van der Waals surface area (Å²) in [5.41, 5.74) is 0.416. The highest BCUT2D eigenvalue weighted by Crippen LogP contribution is 2.32. The predicted molar refractivity (Wildman–Crippen MR) is 86.3 cm³/mol. The van der Waals surface area contributed by atoms with Crippen LogP contribution in [0.2, 0.25) is 0 Å². The first-order valence-electron chi connectivity index (χ1n) is 7.09. The lowest BCUT2D eigenvalue weighted by Gasteiger charge is -2.06. The molecule has 0 aliphatic carbocycles. The van der Waals surface area contributed by atoms with Gasteiger partial charge in [-0.05, 0) is 12.1 Å². The van der Waals surface area contributed by atoms with Gasteiger partial charge in [-0.15, -0.1) is 0 Å². The molecule has 0 saturated carbocycles. The molecule has 7 heteroatoms. The molecular formula is C17H13N3O4. The topological polar surface area (TPSA) is 87.3 Å². The molecule has 0 aliphatic heterocycles.